The van der Waals surface area contributed by atoms with Gasteiger partial charge in [-0.2, -0.15) is 6.20 Å². The SMILES string of the molecule is [NH-]/C=C(\C=Nc1cccc(C2CCOCC2)c1)CN1CC[C@H](Oc2ccc3c(c2)CN(C2CCC(=O)NC2=O)C3=O)C1. The molecular formula is C32H36N5O5-. The highest BCUT2D eigenvalue weighted by molar-refractivity contribution is 6.05. The molecule has 2 N–H and O–H groups in total. The fraction of sp³-hybridized carbons (Fsp3) is 0.438. The van der Waals surface area contributed by atoms with Crippen molar-refractivity contribution in [3.63, 3.8) is 0 Å². The Morgan fingerprint density at radius 3 is 2.76 bits per heavy atom. The summed E-state index contributed by atoms with van der Waals surface area (Å²) < 4.78 is 11.8. The lowest BCUT2D eigenvalue weighted by molar-refractivity contribution is -0.136. The Labute approximate surface area is 245 Å². The molecule has 3 amide bonds. The van der Waals surface area contributed by atoms with Crippen molar-refractivity contribution >= 4 is 29.6 Å². The summed E-state index contributed by atoms with van der Waals surface area (Å²) in [5, 5.41) is 2.34. The van der Waals surface area contributed by atoms with Crippen molar-refractivity contribution in [1.82, 2.24) is 15.1 Å². The van der Waals surface area contributed by atoms with Gasteiger partial charge in [0, 0.05) is 57.6 Å². The van der Waals surface area contributed by atoms with Gasteiger partial charge in [-0.05, 0) is 78.6 Å². The van der Waals surface area contributed by atoms with E-state index < -0.39 is 11.9 Å². The fourth-order valence-corrected chi connectivity index (χ4v) is 6.28. The zero-order valence-electron chi connectivity index (χ0n) is 23.6. The normalized spacial score (nSPS) is 24.0. The lowest BCUT2D eigenvalue weighted by atomic mass is 9.91. The number of imide groups is 1. The maximum absolute atomic E-state index is 13.0. The molecule has 0 spiro atoms. The van der Waals surface area contributed by atoms with Gasteiger partial charge in [0.1, 0.15) is 17.9 Å². The summed E-state index contributed by atoms with van der Waals surface area (Å²) in [6, 6.07) is 13.2. The summed E-state index contributed by atoms with van der Waals surface area (Å²) in [7, 11) is 0. The number of piperidine rings is 1. The molecule has 0 bridgehead atoms. The number of likely N-dealkylation sites (tertiary alicyclic amines) is 1. The highest BCUT2D eigenvalue weighted by Crippen LogP contribution is 2.32. The van der Waals surface area contributed by atoms with Gasteiger partial charge >= 0.3 is 0 Å². The minimum Gasteiger partial charge on any atom is -0.705 e. The molecule has 10 heteroatoms. The van der Waals surface area contributed by atoms with Crippen LogP contribution in [0.2, 0.25) is 0 Å². The first-order valence-corrected chi connectivity index (χ1v) is 14.7. The molecule has 42 heavy (non-hydrogen) atoms. The van der Waals surface area contributed by atoms with Gasteiger partial charge in [-0.15, -0.1) is 0 Å². The van der Waals surface area contributed by atoms with Gasteiger partial charge in [0.25, 0.3) is 5.91 Å². The van der Waals surface area contributed by atoms with E-state index in [1.807, 2.05) is 24.3 Å². The number of aliphatic imine (C=N–C) groups is 1. The maximum atomic E-state index is 13.0. The summed E-state index contributed by atoms with van der Waals surface area (Å²) in [5.41, 5.74) is 12.3. The van der Waals surface area contributed by atoms with Crippen LogP contribution >= 0.6 is 0 Å². The van der Waals surface area contributed by atoms with Crippen LogP contribution < -0.4 is 10.1 Å². The molecule has 4 aliphatic heterocycles. The predicted octanol–water partition coefficient (Wildman–Crippen LogP) is 4.13. The Balaban J connectivity index is 1.02. The van der Waals surface area contributed by atoms with Crippen LogP contribution in [0.3, 0.4) is 0 Å². The molecule has 0 aliphatic carbocycles. The number of amides is 3. The zero-order chi connectivity index (χ0) is 29.1. The minimum atomic E-state index is -0.630. The quantitative estimate of drug-likeness (QED) is 0.376. The topological polar surface area (TPSA) is 124 Å². The minimum absolute atomic E-state index is 0.00790. The molecule has 1 unspecified atom stereocenters. The lowest BCUT2D eigenvalue weighted by Gasteiger charge is -2.29. The monoisotopic (exact) mass is 570 g/mol. The molecule has 0 saturated carbocycles. The number of ether oxygens (including phenoxy) is 2. The van der Waals surface area contributed by atoms with Crippen LogP contribution in [0.15, 0.2) is 59.2 Å². The molecule has 4 heterocycles. The Bertz CT molecular complexity index is 1420. The largest absolute Gasteiger partial charge is 0.705 e. The number of hydrogen-bond donors (Lipinski definition) is 1. The van der Waals surface area contributed by atoms with Crippen LogP contribution in [0.4, 0.5) is 5.69 Å². The Kier molecular flexibility index (Phi) is 8.34. The third-order valence-electron chi connectivity index (χ3n) is 8.56. The number of carbonyl (C=O) groups is 3. The van der Waals surface area contributed by atoms with Crippen LogP contribution in [0.1, 0.15) is 59.5 Å². The van der Waals surface area contributed by atoms with Crippen LogP contribution in [0.5, 0.6) is 5.75 Å². The number of carbonyl (C=O) groups excluding carboxylic acids is 3. The van der Waals surface area contributed by atoms with Crippen LogP contribution in [-0.2, 0) is 20.9 Å². The van der Waals surface area contributed by atoms with E-state index >= 15 is 0 Å². The van der Waals surface area contributed by atoms with E-state index in [9.17, 15) is 14.4 Å². The standard InChI is InChI=1S/C32H37N5O5/c33-16-21(17-34-25-3-1-2-23(14-25)22-9-12-41-13-10-22)18-36-11-8-27(20-36)42-26-4-5-28-24(15-26)19-37(32(28)40)29-6-7-30(38)35-31(29)39/h1-5,14-17,22,27,29H,6-13,18-20H2,(H3,33,34,35,38,39)/p-1/t27-,29?/m0/s1. The van der Waals surface area contributed by atoms with Crippen LogP contribution in [-0.4, -0.2) is 78.7 Å². The van der Waals surface area contributed by atoms with Crippen molar-refractivity contribution < 1.29 is 23.9 Å². The van der Waals surface area contributed by atoms with E-state index in [-0.39, 0.29) is 24.3 Å². The van der Waals surface area contributed by atoms with Gasteiger partial charge in [0.15, 0.2) is 0 Å². The van der Waals surface area contributed by atoms with Gasteiger partial charge < -0.3 is 20.1 Å². The van der Waals surface area contributed by atoms with E-state index in [1.165, 1.54) is 11.8 Å². The zero-order valence-corrected chi connectivity index (χ0v) is 23.6. The van der Waals surface area contributed by atoms with E-state index in [0.717, 1.165) is 62.4 Å². The summed E-state index contributed by atoms with van der Waals surface area (Å²) in [6.07, 6.45) is 6.65. The average Bonchev–Trinajstić information content (AvgIpc) is 3.58. The van der Waals surface area contributed by atoms with Gasteiger partial charge in [-0.25, -0.2) is 0 Å². The Morgan fingerprint density at radius 1 is 1.10 bits per heavy atom. The fourth-order valence-electron chi connectivity index (χ4n) is 6.28. The number of nitrogens with one attached hydrogen (secondary N) is 2. The maximum Gasteiger partial charge on any atom is 0.255 e. The van der Waals surface area contributed by atoms with Gasteiger partial charge in [-0.1, -0.05) is 12.1 Å². The molecule has 4 aliphatic rings. The second-order valence-corrected chi connectivity index (χ2v) is 11.4. The molecule has 0 radical (unpaired) electrons. The molecule has 220 valence electrons. The van der Waals surface area contributed by atoms with Gasteiger partial charge in [0.05, 0.1) is 5.69 Å². The average molecular weight is 571 g/mol. The number of rotatable bonds is 8. The molecule has 2 atom stereocenters. The smallest absolute Gasteiger partial charge is 0.255 e. The molecule has 0 aromatic heterocycles. The highest BCUT2D eigenvalue weighted by Gasteiger charge is 2.39. The van der Waals surface area contributed by atoms with E-state index in [4.69, 9.17) is 15.2 Å². The second-order valence-electron chi connectivity index (χ2n) is 11.4. The lowest BCUT2D eigenvalue weighted by Crippen LogP contribution is -2.52. The van der Waals surface area contributed by atoms with E-state index in [0.29, 0.717) is 36.7 Å². The molecule has 3 fully saturated rings. The highest BCUT2D eigenvalue weighted by atomic mass is 16.5. The summed E-state index contributed by atoms with van der Waals surface area (Å²) in [4.78, 5) is 45.3. The van der Waals surface area contributed by atoms with E-state index in [1.54, 1.807) is 17.2 Å². The van der Waals surface area contributed by atoms with Crippen molar-refractivity contribution in [3.05, 3.63) is 76.7 Å². The summed E-state index contributed by atoms with van der Waals surface area (Å²) in [5.74, 6) is 0.308. The molecule has 3 saturated heterocycles. The van der Waals surface area contributed by atoms with Crippen molar-refractivity contribution in [2.24, 2.45) is 4.99 Å². The van der Waals surface area contributed by atoms with Crippen LogP contribution in [0.25, 0.3) is 5.73 Å². The number of nitrogens with zero attached hydrogens (tertiary/aromatic N) is 3. The Morgan fingerprint density at radius 2 is 1.95 bits per heavy atom. The number of hydrogen-bond acceptors (Lipinski definition) is 7. The van der Waals surface area contributed by atoms with E-state index in [2.05, 4.69) is 27.3 Å². The molecule has 2 aromatic carbocycles. The molecular weight excluding hydrogens is 534 g/mol. The predicted molar refractivity (Wildman–Crippen MR) is 158 cm³/mol. The Hall–Kier alpha value is -4.02. The van der Waals surface area contributed by atoms with Crippen molar-refractivity contribution in [3.8, 4) is 5.75 Å². The first-order valence-electron chi connectivity index (χ1n) is 14.7. The van der Waals surface area contributed by atoms with Crippen molar-refractivity contribution in [2.75, 3.05) is 32.8 Å². The van der Waals surface area contributed by atoms with Gasteiger partial charge in [-0.3, -0.25) is 29.6 Å². The second kappa shape index (κ2) is 12.5. The first-order chi connectivity index (χ1) is 20.5. The number of benzene rings is 2. The van der Waals surface area contributed by atoms with Crippen molar-refractivity contribution in [1.29, 1.82) is 0 Å². The number of fused-ring (bicyclic) bond motifs is 1. The third kappa shape index (κ3) is 6.24. The first kappa shape index (κ1) is 28.1. The van der Waals surface area contributed by atoms with Crippen LogP contribution in [0, 0.1) is 0 Å². The molecule has 10 nitrogen and oxygen atoms in total. The molecule has 2 aromatic rings. The van der Waals surface area contributed by atoms with Gasteiger partial charge in [0.2, 0.25) is 11.8 Å². The molecule has 6 rings (SSSR count). The summed E-state index contributed by atoms with van der Waals surface area (Å²) in [6.45, 7) is 4.12. The third-order valence-corrected chi connectivity index (χ3v) is 8.56. The summed E-state index contributed by atoms with van der Waals surface area (Å²) >= 11 is 0. The van der Waals surface area contributed by atoms with Crippen molar-refractivity contribution in [2.45, 2.75) is 56.7 Å².